The van der Waals surface area contributed by atoms with Crippen molar-refractivity contribution in [3.63, 3.8) is 0 Å². The van der Waals surface area contributed by atoms with Crippen molar-refractivity contribution in [1.82, 2.24) is 0 Å². The fourth-order valence-corrected chi connectivity index (χ4v) is 3.35. The van der Waals surface area contributed by atoms with Gasteiger partial charge in [0.2, 0.25) is 0 Å². The van der Waals surface area contributed by atoms with Crippen molar-refractivity contribution < 1.29 is 9.84 Å². The standard InChI is InChI=1S/C18H19BrO2/c1-12-6-7-14(19)10-16(12)17(20)11-18-15-5-3-2-4-13(15)8-9-21-18/h2-7,10,17-18,20H,8-9,11H2,1H3. The topological polar surface area (TPSA) is 29.5 Å². The van der Waals surface area contributed by atoms with Gasteiger partial charge in [-0.3, -0.25) is 0 Å². The minimum Gasteiger partial charge on any atom is -0.388 e. The SMILES string of the molecule is Cc1ccc(Br)cc1C(O)CC1OCCc2ccccc21. The van der Waals surface area contributed by atoms with Crippen LogP contribution < -0.4 is 0 Å². The lowest BCUT2D eigenvalue weighted by Gasteiger charge is -2.28. The smallest absolute Gasteiger partial charge is 0.0855 e. The predicted molar refractivity (Wildman–Crippen MR) is 87.3 cm³/mol. The molecule has 0 radical (unpaired) electrons. The van der Waals surface area contributed by atoms with Gasteiger partial charge < -0.3 is 9.84 Å². The molecular weight excluding hydrogens is 328 g/mol. The highest BCUT2D eigenvalue weighted by atomic mass is 79.9. The van der Waals surface area contributed by atoms with Gasteiger partial charge in [0.1, 0.15) is 0 Å². The third-order valence-electron chi connectivity index (χ3n) is 4.13. The van der Waals surface area contributed by atoms with Gasteiger partial charge >= 0.3 is 0 Å². The summed E-state index contributed by atoms with van der Waals surface area (Å²) >= 11 is 3.47. The Labute approximate surface area is 133 Å². The average Bonchev–Trinajstić information content (AvgIpc) is 2.50. The second-order valence-electron chi connectivity index (χ2n) is 5.56. The van der Waals surface area contributed by atoms with E-state index in [1.807, 2.05) is 31.2 Å². The van der Waals surface area contributed by atoms with Gasteiger partial charge in [-0.1, -0.05) is 46.3 Å². The lowest BCUT2D eigenvalue weighted by molar-refractivity contribution is 0.00363. The van der Waals surface area contributed by atoms with E-state index in [0.29, 0.717) is 6.42 Å². The van der Waals surface area contributed by atoms with Gasteiger partial charge in [0.25, 0.3) is 0 Å². The van der Waals surface area contributed by atoms with Crippen LogP contribution in [0.3, 0.4) is 0 Å². The van der Waals surface area contributed by atoms with Crippen LogP contribution in [0, 0.1) is 6.92 Å². The van der Waals surface area contributed by atoms with Gasteiger partial charge in [0.15, 0.2) is 0 Å². The number of aliphatic hydroxyl groups excluding tert-OH is 1. The molecule has 0 aliphatic carbocycles. The van der Waals surface area contributed by atoms with E-state index in [1.54, 1.807) is 0 Å². The molecule has 1 aliphatic rings. The highest BCUT2D eigenvalue weighted by Gasteiger charge is 2.24. The molecule has 2 aromatic rings. The van der Waals surface area contributed by atoms with E-state index in [0.717, 1.165) is 28.6 Å². The minimum absolute atomic E-state index is 0.0247. The van der Waals surface area contributed by atoms with E-state index in [9.17, 15) is 5.11 Å². The number of aryl methyl sites for hydroxylation is 1. The van der Waals surface area contributed by atoms with Crippen LogP contribution >= 0.6 is 15.9 Å². The maximum Gasteiger partial charge on any atom is 0.0855 e. The maximum absolute atomic E-state index is 10.6. The van der Waals surface area contributed by atoms with Gasteiger partial charge in [-0.05, 0) is 47.7 Å². The second-order valence-corrected chi connectivity index (χ2v) is 6.48. The summed E-state index contributed by atoms with van der Waals surface area (Å²) in [6.07, 6.45) is 1.01. The van der Waals surface area contributed by atoms with Crippen LogP contribution in [-0.2, 0) is 11.2 Å². The first-order chi connectivity index (χ1) is 10.1. The first-order valence-electron chi connectivity index (χ1n) is 7.28. The van der Waals surface area contributed by atoms with Crippen LogP contribution in [0.25, 0.3) is 0 Å². The minimum atomic E-state index is -0.515. The quantitative estimate of drug-likeness (QED) is 0.886. The predicted octanol–water partition coefficient (Wildman–Crippen LogP) is 4.50. The maximum atomic E-state index is 10.6. The Balaban J connectivity index is 1.82. The number of rotatable bonds is 3. The second kappa shape index (κ2) is 6.30. The van der Waals surface area contributed by atoms with Crippen LogP contribution in [0.1, 0.15) is 40.9 Å². The molecule has 2 unspecified atom stereocenters. The third kappa shape index (κ3) is 3.20. The zero-order valence-corrected chi connectivity index (χ0v) is 13.6. The molecule has 0 saturated heterocycles. The summed E-state index contributed by atoms with van der Waals surface area (Å²) in [5, 5.41) is 10.6. The van der Waals surface area contributed by atoms with E-state index >= 15 is 0 Å². The Bertz CT molecular complexity index is 639. The van der Waals surface area contributed by atoms with E-state index < -0.39 is 6.10 Å². The van der Waals surface area contributed by atoms with Crippen LogP contribution in [-0.4, -0.2) is 11.7 Å². The number of benzene rings is 2. The van der Waals surface area contributed by atoms with Gasteiger partial charge in [-0.25, -0.2) is 0 Å². The molecule has 0 spiro atoms. The van der Waals surface area contributed by atoms with E-state index in [-0.39, 0.29) is 6.10 Å². The fourth-order valence-electron chi connectivity index (χ4n) is 2.97. The van der Waals surface area contributed by atoms with Crippen molar-refractivity contribution in [2.75, 3.05) is 6.61 Å². The molecule has 110 valence electrons. The lowest BCUT2D eigenvalue weighted by atomic mass is 9.91. The van der Waals surface area contributed by atoms with Crippen molar-refractivity contribution in [3.8, 4) is 0 Å². The molecular formula is C18H19BrO2. The Hall–Kier alpha value is -1.16. The van der Waals surface area contributed by atoms with Crippen molar-refractivity contribution in [3.05, 3.63) is 69.2 Å². The molecule has 0 saturated carbocycles. The Kier molecular flexibility index (Phi) is 4.43. The number of aliphatic hydroxyl groups is 1. The van der Waals surface area contributed by atoms with Gasteiger partial charge in [0, 0.05) is 10.9 Å². The highest BCUT2D eigenvalue weighted by Crippen LogP contribution is 2.35. The van der Waals surface area contributed by atoms with Crippen molar-refractivity contribution in [2.24, 2.45) is 0 Å². The molecule has 0 aromatic heterocycles. The molecule has 2 nitrogen and oxygen atoms in total. The first kappa shape index (κ1) is 14.8. The summed E-state index contributed by atoms with van der Waals surface area (Å²) in [4.78, 5) is 0. The van der Waals surface area contributed by atoms with Gasteiger partial charge in [-0.15, -0.1) is 0 Å². The summed E-state index contributed by atoms with van der Waals surface area (Å²) < 4.78 is 6.89. The number of halogens is 1. The largest absolute Gasteiger partial charge is 0.388 e. The average molecular weight is 347 g/mol. The van der Waals surface area contributed by atoms with Gasteiger partial charge in [0.05, 0.1) is 18.8 Å². The molecule has 2 atom stereocenters. The van der Waals surface area contributed by atoms with Crippen LogP contribution in [0.15, 0.2) is 46.9 Å². The summed E-state index contributed by atoms with van der Waals surface area (Å²) in [7, 11) is 0. The number of hydrogen-bond acceptors (Lipinski definition) is 2. The Morgan fingerprint density at radius 2 is 2.10 bits per heavy atom. The first-order valence-corrected chi connectivity index (χ1v) is 8.08. The Morgan fingerprint density at radius 3 is 2.95 bits per heavy atom. The summed E-state index contributed by atoms with van der Waals surface area (Å²) in [6, 6.07) is 14.4. The molecule has 3 rings (SSSR count). The molecule has 21 heavy (non-hydrogen) atoms. The van der Waals surface area contributed by atoms with E-state index in [1.165, 1.54) is 11.1 Å². The van der Waals surface area contributed by atoms with Crippen molar-refractivity contribution in [1.29, 1.82) is 0 Å². The van der Waals surface area contributed by atoms with Crippen molar-refractivity contribution >= 4 is 15.9 Å². The molecule has 1 N–H and O–H groups in total. The molecule has 3 heteroatoms. The number of fused-ring (bicyclic) bond motifs is 1. The molecule has 2 aromatic carbocycles. The lowest BCUT2D eigenvalue weighted by Crippen LogP contribution is -2.18. The van der Waals surface area contributed by atoms with Crippen LogP contribution in [0.5, 0.6) is 0 Å². The summed E-state index contributed by atoms with van der Waals surface area (Å²) in [5.41, 5.74) is 4.63. The van der Waals surface area contributed by atoms with E-state index in [4.69, 9.17) is 4.74 Å². The zero-order valence-electron chi connectivity index (χ0n) is 12.1. The summed E-state index contributed by atoms with van der Waals surface area (Å²) in [6.45, 7) is 2.76. The molecule has 0 amide bonds. The van der Waals surface area contributed by atoms with E-state index in [2.05, 4.69) is 34.1 Å². The molecule has 1 aliphatic heterocycles. The monoisotopic (exact) mass is 346 g/mol. The highest BCUT2D eigenvalue weighted by molar-refractivity contribution is 9.10. The fraction of sp³-hybridized carbons (Fsp3) is 0.333. The third-order valence-corrected chi connectivity index (χ3v) is 4.62. The molecule has 0 bridgehead atoms. The number of hydrogen-bond donors (Lipinski definition) is 1. The van der Waals surface area contributed by atoms with Crippen LogP contribution in [0.4, 0.5) is 0 Å². The van der Waals surface area contributed by atoms with Gasteiger partial charge in [-0.2, -0.15) is 0 Å². The normalized spacial score (nSPS) is 19.1. The molecule has 1 heterocycles. The van der Waals surface area contributed by atoms with Crippen LogP contribution in [0.2, 0.25) is 0 Å². The zero-order chi connectivity index (χ0) is 14.8. The van der Waals surface area contributed by atoms with Crippen molar-refractivity contribution in [2.45, 2.75) is 32.0 Å². The molecule has 0 fully saturated rings. The number of ether oxygens (including phenoxy) is 1. The summed E-state index contributed by atoms with van der Waals surface area (Å²) in [5.74, 6) is 0. The Morgan fingerprint density at radius 1 is 1.29 bits per heavy atom.